The molecule has 0 radical (unpaired) electrons. The molecule has 0 saturated heterocycles. The second-order valence-corrected chi connectivity index (χ2v) is 3.20. The fourth-order valence-electron chi connectivity index (χ4n) is 1.29. The molecule has 1 rings (SSSR count). The number of hydrogen-bond acceptors (Lipinski definition) is 3. The first-order valence-corrected chi connectivity index (χ1v) is 4.90. The summed E-state index contributed by atoms with van der Waals surface area (Å²) in [4.78, 5) is 22.6. The monoisotopic (exact) mass is 206 g/mol. The highest BCUT2D eigenvalue weighted by Crippen LogP contribution is 2.14. The lowest BCUT2D eigenvalue weighted by Gasteiger charge is -2.05. The van der Waals surface area contributed by atoms with Crippen molar-refractivity contribution in [2.45, 2.75) is 13.8 Å². The lowest BCUT2D eigenvalue weighted by Crippen LogP contribution is -2.14. The smallest absolute Gasteiger partial charge is 0.341 e. The molecule has 0 saturated carbocycles. The molecule has 3 nitrogen and oxygen atoms in total. The molecule has 0 aromatic rings. The van der Waals surface area contributed by atoms with Crippen LogP contribution in [0.1, 0.15) is 13.8 Å². The van der Waals surface area contributed by atoms with Crippen LogP contribution in [0, 0.1) is 5.92 Å². The summed E-state index contributed by atoms with van der Waals surface area (Å²) in [6.45, 7) is 3.36. The molecule has 0 aliphatic heterocycles. The zero-order valence-electron chi connectivity index (χ0n) is 8.90. The van der Waals surface area contributed by atoms with E-state index in [0.717, 1.165) is 0 Å². The first kappa shape index (κ1) is 11.4. The number of esters is 1. The largest absolute Gasteiger partial charge is 0.462 e. The number of hydrogen-bond donors (Lipinski definition) is 0. The number of rotatable bonds is 4. The molecule has 15 heavy (non-hydrogen) atoms. The molecule has 0 unspecified atom stereocenters. The van der Waals surface area contributed by atoms with Crippen molar-refractivity contribution in [1.82, 2.24) is 0 Å². The van der Waals surface area contributed by atoms with Crippen molar-refractivity contribution in [3.63, 3.8) is 0 Å². The van der Waals surface area contributed by atoms with Crippen LogP contribution in [-0.4, -0.2) is 18.4 Å². The molecular formula is C12H14O3. The van der Waals surface area contributed by atoms with Gasteiger partial charge < -0.3 is 4.74 Å². The Hall–Kier alpha value is -1.64. The Labute approximate surface area is 89.1 Å². The minimum Gasteiger partial charge on any atom is -0.462 e. The van der Waals surface area contributed by atoms with Gasteiger partial charge in [-0.25, -0.2) is 4.79 Å². The molecule has 80 valence electrons. The first-order valence-electron chi connectivity index (χ1n) is 4.90. The average Bonchev–Trinajstić information content (AvgIpc) is 2.66. The summed E-state index contributed by atoms with van der Waals surface area (Å²) in [5.41, 5.74) is 0.123. The summed E-state index contributed by atoms with van der Waals surface area (Å²) in [6.07, 6.45) is 9.19. The predicted molar refractivity (Wildman–Crippen MR) is 57.2 cm³/mol. The summed E-state index contributed by atoms with van der Waals surface area (Å²) in [6, 6.07) is 0. The van der Waals surface area contributed by atoms with E-state index >= 15 is 0 Å². The molecule has 0 atom stereocenters. The van der Waals surface area contributed by atoms with Crippen LogP contribution in [0.3, 0.4) is 0 Å². The third kappa shape index (κ3) is 3.20. The molecule has 0 amide bonds. The van der Waals surface area contributed by atoms with Crippen LogP contribution in [0.4, 0.5) is 0 Å². The highest BCUT2D eigenvalue weighted by atomic mass is 16.5. The summed E-state index contributed by atoms with van der Waals surface area (Å²) in [5.74, 6) is -0.783. The number of carbonyl (C=O) groups excluding carboxylic acids is 2. The van der Waals surface area contributed by atoms with E-state index in [0.29, 0.717) is 0 Å². The average molecular weight is 206 g/mol. The maximum Gasteiger partial charge on any atom is 0.341 e. The molecular weight excluding hydrogens is 192 g/mol. The number of ketones is 1. The van der Waals surface area contributed by atoms with E-state index in [2.05, 4.69) is 0 Å². The predicted octanol–water partition coefficient (Wildman–Crippen LogP) is 1.81. The van der Waals surface area contributed by atoms with Crippen LogP contribution in [0.5, 0.6) is 0 Å². The van der Waals surface area contributed by atoms with Crippen LogP contribution >= 0.6 is 0 Å². The SMILES string of the molecule is CCOC(=O)/C(=C\C1C=CC=C1)C(C)=O. The van der Waals surface area contributed by atoms with Crippen molar-refractivity contribution in [2.75, 3.05) is 6.61 Å². The molecule has 0 heterocycles. The standard InChI is InChI=1S/C12H14O3/c1-3-15-12(14)11(9(2)13)8-10-6-4-5-7-10/h4-8,10H,3H2,1-2H3/b11-8-. The highest BCUT2D eigenvalue weighted by Gasteiger charge is 2.16. The van der Waals surface area contributed by atoms with Crippen LogP contribution < -0.4 is 0 Å². The van der Waals surface area contributed by atoms with Gasteiger partial charge in [-0.1, -0.05) is 30.4 Å². The quantitative estimate of drug-likeness (QED) is 0.305. The zero-order chi connectivity index (χ0) is 11.3. The van der Waals surface area contributed by atoms with Crippen LogP contribution in [0.15, 0.2) is 36.0 Å². The van der Waals surface area contributed by atoms with Gasteiger partial charge in [0.2, 0.25) is 0 Å². The molecule has 0 bridgehead atoms. The van der Waals surface area contributed by atoms with E-state index in [1.807, 2.05) is 24.3 Å². The third-order valence-corrected chi connectivity index (χ3v) is 2.01. The second-order valence-electron chi connectivity index (χ2n) is 3.20. The maximum atomic E-state index is 11.4. The maximum absolute atomic E-state index is 11.4. The van der Waals surface area contributed by atoms with Gasteiger partial charge >= 0.3 is 5.97 Å². The second kappa shape index (κ2) is 5.29. The molecule has 0 spiro atoms. The van der Waals surface area contributed by atoms with Gasteiger partial charge in [0.1, 0.15) is 0 Å². The van der Waals surface area contributed by atoms with Gasteiger partial charge in [-0.15, -0.1) is 0 Å². The lowest BCUT2D eigenvalue weighted by molar-refractivity contribution is -0.139. The van der Waals surface area contributed by atoms with Crippen molar-refractivity contribution in [1.29, 1.82) is 0 Å². The topological polar surface area (TPSA) is 43.4 Å². The Morgan fingerprint density at radius 2 is 1.93 bits per heavy atom. The molecule has 0 aromatic carbocycles. The van der Waals surface area contributed by atoms with E-state index in [4.69, 9.17) is 4.74 Å². The van der Waals surface area contributed by atoms with Gasteiger partial charge in [-0.3, -0.25) is 4.79 Å². The molecule has 0 aromatic heterocycles. The minimum atomic E-state index is -0.543. The lowest BCUT2D eigenvalue weighted by atomic mass is 10.0. The number of carbonyl (C=O) groups is 2. The summed E-state index contributed by atoms with van der Waals surface area (Å²) in [5, 5.41) is 0. The van der Waals surface area contributed by atoms with Gasteiger partial charge in [0.15, 0.2) is 5.78 Å². The Morgan fingerprint density at radius 3 is 2.40 bits per heavy atom. The van der Waals surface area contributed by atoms with E-state index in [1.54, 1.807) is 13.0 Å². The Balaban J connectivity index is 2.81. The fourth-order valence-corrected chi connectivity index (χ4v) is 1.29. The van der Waals surface area contributed by atoms with Gasteiger partial charge in [-0.2, -0.15) is 0 Å². The Bertz CT molecular complexity index is 336. The van der Waals surface area contributed by atoms with Crippen LogP contribution in [0.25, 0.3) is 0 Å². The van der Waals surface area contributed by atoms with E-state index in [-0.39, 0.29) is 23.9 Å². The van der Waals surface area contributed by atoms with Crippen molar-refractivity contribution >= 4 is 11.8 Å². The zero-order valence-corrected chi connectivity index (χ0v) is 8.90. The van der Waals surface area contributed by atoms with E-state index < -0.39 is 5.97 Å². The number of ether oxygens (including phenoxy) is 1. The summed E-state index contributed by atoms with van der Waals surface area (Å²) < 4.78 is 4.80. The van der Waals surface area contributed by atoms with Gasteiger partial charge in [0, 0.05) is 5.92 Å². The number of allylic oxidation sites excluding steroid dienone is 5. The summed E-state index contributed by atoms with van der Waals surface area (Å²) in [7, 11) is 0. The van der Waals surface area contributed by atoms with Gasteiger partial charge in [-0.05, 0) is 13.8 Å². The number of Topliss-reactive ketones (excluding diaryl/α,β-unsaturated/α-hetero) is 1. The van der Waals surface area contributed by atoms with Crippen LogP contribution in [0.2, 0.25) is 0 Å². The van der Waals surface area contributed by atoms with Gasteiger partial charge in [0.05, 0.1) is 12.2 Å². The molecule has 0 N–H and O–H groups in total. The van der Waals surface area contributed by atoms with Crippen molar-refractivity contribution in [2.24, 2.45) is 5.92 Å². The molecule has 3 heteroatoms. The fraction of sp³-hybridized carbons (Fsp3) is 0.333. The highest BCUT2D eigenvalue weighted by molar-refractivity contribution is 6.16. The minimum absolute atomic E-state index is 0.0216. The van der Waals surface area contributed by atoms with Crippen molar-refractivity contribution in [3.05, 3.63) is 36.0 Å². The molecule has 1 aliphatic rings. The Kier molecular flexibility index (Phi) is 4.03. The molecule has 1 aliphatic carbocycles. The van der Waals surface area contributed by atoms with Crippen LogP contribution in [-0.2, 0) is 14.3 Å². The first-order chi connectivity index (χ1) is 7.15. The van der Waals surface area contributed by atoms with Crippen molar-refractivity contribution < 1.29 is 14.3 Å². The Morgan fingerprint density at radius 1 is 1.33 bits per heavy atom. The molecule has 0 fully saturated rings. The van der Waals surface area contributed by atoms with Crippen molar-refractivity contribution in [3.8, 4) is 0 Å². The summed E-state index contributed by atoms with van der Waals surface area (Å²) >= 11 is 0. The third-order valence-electron chi connectivity index (χ3n) is 2.01. The van der Waals surface area contributed by atoms with Gasteiger partial charge in [0.25, 0.3) is 0 Å². The normalized spacial score (nSPS) is 15.7. The van der Waals surface area contributed by atoms with E-state index in [1.165, 1.54) is 6.92 Å². The van der Waals surface area contributed by atoms with E-state index in [9.17, 15) is 9.59 Å².